The third-order valence-electron chi connectivity index (χ3n) is 5.14. The van der Waals surface area contributed by atoms with Crippen LogP contribution in [0.3, 0.4) is 0 Å². The van der Waals surface area contributed by atoms with Crippen molar-refractivity contribution in [1.82, 2.24) is 24.8 Å². The van der Waals surface area contributed by atoms with E-state index < -0.39 is 0 Å². The van der Waals surface area contributed by atoms with Gasteiger partial charge in [0.05, 0.1) is 31.6 Å². The minimum Gasteiger partial charge on any atom is -0.440 e. The summed E-state index contributed by atoms with van der Waals surface area (Å²) < 4.78 is 18.4. The molecule has 1 amide bonds. The quantitative estimate of drug-likeness (QED) is 0.588. The lowest BCUT2D eigenvalue weighted by Gasteiger charge is -2.27. The van der Waals surface area contributed by atoms with Gasteiger partial charge in [0.15, 0.2) is 5.69 Å². The summed E-state index contributed by atoms with van der Waals surface area (Å²) in [5.74, 6) is 1.65. The van der Waals surface area contributed by atoms with Crippen molar-refractivity contribution in [3.05, 3.63) is 40.2 Å². The number of aromatic nitrogens is 4. The highest BCUT2D eigenvalue weighted by molar-refractivity contribution is 5.96. The number of amides is 1. The topological polar surface area (TPSA) is 99.4 Å². The summed E-state index contributed by atoms with van der Waals surface area (Å²) in [6, 6.07) is 0. The monoisotopic (exact) mass is 399 g/mol. The molecule has 1 aliphatic heterocycles. The van der Waals surface area contributed by atoms with Crippen molar-refractivity contribution >= 4 is 5.91 Å². The number of carbonyl (C=O) groups excluding carboxylic acids is 1. The summed E-state index contributed by atoms with van der Waals surface area (Å²) >= 11 is 0. The Bertz CT molecular complexity index is 1010. The smallest absolute Gasteiger partial charge is 0.259 e. The summed E-state index contributed by atoms with van der Waals surface area (Å²) in [6.07, 6.45) is 2.37. The van der Waals surface area contributed by atoms with Crippen LogP contribution in [0, 0.1) is 20.8 Å². The molecule has 0 bridgehead atoms. The van der Waals surface area contributed by atoms with E-state index in [2.05, 4.69) is 10.1 Å². The molecule has 0 saturated carbocycles. The van der Waals surface area contributed by atoms with Crippen LogP contribution in [0.5, 0.6) is 0 Å². The molecule has 0 fully saturated rings. The maximum Gasteiger partial charge on any atom is 0.259 e. The lowest BCUT2D eigenvalue weighted by Crippen LogP contribution is -2.37. The fourth-order valence-electron chi connectivity index (χ4n) is 3.73. The van der Waals surface area contributed by atoms with E-state index in [-0.39, 0.29) is 5.91 Å². The zero-order chi connectivity index (χ0) is 20.5. The number of oxazole rings is 1. The Morgan fingerprint density at radius 2 is 2.14 bits per heavy atom. The second-order valence-electron chi connectivity index (χ2n) is 7.15. The molecule has 4 heterocycles. The Balaban J connectivity index is 1.67. The Morgan fingerprint density at radius 3 is 2.79 bits per heavy atom. The number of carbonyl (C=O) groups is 1. The molecule has 9 heteroatoms. The van der Waals surface area contributed by atoms with Gasteiger partial charge in [-0.1, -0.05) is 5.16 Å². The molecular weight excluding hydrogens is 374 g/mol. The van der Waals surface area contributed by atoms with Gasteiger partial charge in [-0.25, -0.2) is 4.98 Å². The number of ether oxygens (including phenoxy) is 1. The minimum absolute atomic E-state index is 0.0801. The molecule has 0 saturated heterocycles. The molecule has 0 radical (unpaired) electrons. The van der Waals surface area contributed by atoms with E-state index in [0.29, 0.717) is 67.9 Å². The Hall–Kier alpha value is -2.94. The number of nitrogens with zero attached hydrogens (tertiary/aromatic N) is 5. The average Bonchev–Trinajstić information content (AvgIpc) is 3.39. The predicted molar refractivity (Wildman–Crippen MR) is 103 cm³/mol. The van der Waals surface area contributed by atoms with Crippen LogP contribution >= 0.6 is 0 Å². The molecule has 3 aromatic heterocycles. The van der Waals surface area contributed by atoms with Crippen LogP contribution in [0.1, 0.15) is 45.8 Å². The third-order valence-corrected chi connectivity index (χ3v) is 5.14. The Kier molecular flexibility index (Phi) is 5.23. The van der Waals surface area contributed by atoms with E-state index in [1.165, 1.54) is 0 Å². The van der Waals surface area contributed by atoms with Crippen LogP contribution in [0.25, 0.3) is 11.6 Å². The van der Waals surface area contributed by atoms with Gasteiger partial charge < -0.3 is 18.6 Å². The van der Waals surface area contributed by atoms with Crippen LogP contribution in [-0.2, 0) is 24.2 Å². The SMILES string of the molecule is CCOCCn1nc(-c2ncc(C)o2)c2c1CCN(C(=O)c1c(C)noc1C)C2. The minimum atomic E-state index is -0.0801. The number of fused-ring (bicyclic) bond motifs is 1. The molecule has 4 rings (SSSR count). The van der Waals surface area contributed by atoms with Gasteiger partial charge in [0.2, 0.25) is 5.89 Å². The molecule has 0 spiro atoms. The van der Waals surface area contributed by atoms with Gasteiger partial charge >= 0.3 is 0 Å². The van der Waals surface area contributed by atoms with E-state index in [1.54, 1.807) is 20.0 Å². The van der Waals surface area contributed by atoms with Gasteiger partial charge in [0.1, 0.15) is 17.1 Å². The zero-order valence-corrected chi connectivity index (χ0v) is 17.2. The first kappa shape index (κ1) is 19.4. The highest BCUT2D eigenvalue weighted by Crippen LogP contribution is 2.31. The summed E-state index contributed by atoms with van der Waals surface area (Å²) in [5, 5.41) is 8.66. The standard InChI is InChI=1S/C20H25N5O4/c1-5-27-9-8-25-16-6-7-24(20(26)17-13(3)23-29-14(17)4)11-15(16)18(22-25)19-21-10-12(2)28-19/h10H,5-9,11H2,1-4H3. The third kappa shape index (κ3) is 3.57. The molecule has 3 aromatic rings. The molecule has 29 heavy (non-hydrogen) atoms. The number of hydrogen-bond donors (Lipinski definition) is 0. The molecule has 0 aromatic carbocycles. The molecule has 0 N–H and O–H groups in total. The van der Waals surface area contributed by atoms with Gasteiger partial charge in [0, 0.05) is 30.8 Å². The first-order valence-corrected chi connectivity index (χ1v) is 9.80. The van der Waals surface area contributed by atoms with E-state index in [4.69, 9.17) is 18.8 Å². The van der Waals surface area contributed by atoms with E-state index in [0.717, 1.165) is 17.0 Å². The van der Waals surface area contributed by atoms with Crippen molar-refractivity contribution in [3.8, 4) is 11.6 Å². The van der Waals surface area contributed by atoms with Crippen molar-refractivity contribution in [2.24, 2.45) is 0 Å². The van der Waals surface area contributed by atoms with Gasteiger partial charge in [0.25, 0.3) is 5.91 Å². The van der Waals surface area contributed by atoms with Crippen LogP contribution < -0.4 is 0 Å². The maximum atomic E-state index is 13.1. The lowest BCUT2D eigenvalue weighted by atomic mass is 10.0. The van der Waals surface area contributed by atoms with E-state index in [1.807, 2.05) is 23.4 Å². The zero-order valence-electron chi connectivity index (χ0n) is 17.2. The van der Waals surface area contributed by atoms with Crippen molar-refractivity contribution in [2.75, 3.05) is 19.8 Å². The van der Waals surface area contributed by atoms with Gasteiger partial charge in [-0.05, 0) is 27.7 Å². The lowest BCUT2D eigenvalue weighted by molar-refractivity contribution is 0.0729. The highest BCUT2D eigenvalue weighted by Gasteiger charge is 2.32. The molecule has 0 atom stereocenters. The van der Waals surface area contributed by atoms with Gasteiger partial charge in [-0.2, -0.15) is 5.10 Å². The summed E-state index contributed by atoms with van der Waals surface area (Å²) in [4.78, 5) is 19.3. The molecule has 9 nitrogen and oxygen atoms in total. The summed E-state index contributed by atoms with van der Waals surface area (Å²) in [6.45, 7) is 10.3. The molecular formula is C20H25N5O4. The fourth-order valence-corrected chi connectivity index (χ4v) is 3.73. The number of rotatable bonds is 6. The van der Waals surface area contributed by atoms with Crippen molar-refractivity contribution < 1.29 is 18.5 Å². The summed E-state index contributed by atoms with van der Waals surface area (Å²) in [7, 11) is 0. The van der Waals surface area contributed by atoms with Gasteiger partial charge in [-0.3, -0.25) is 9.48 Å². The van der Waals surface area contributed by atoms with E-state index >= 15 is 0 Å². The van der Waals surface area contributed by atoms with E-state index in [9.17, 15) is 4.79 Å². The van der Waals surface area contributed by atoms with Crippen LogP contribution in [0.2, 0.25) is 0 Å². The highest BCUT2D eigenvalue weighted by atomic mass is 16.5. The predicted octanol–water partition coefficient (Wildman–Crippen LogP) is 2.69. The largest absolute Gasteiger partial charge is 0.440 e. The van der Waals surface area contributed by atoms with Crippen molar-refractivity contribution in [1.29, 1.82) is 0 Å². The molecule has 1 aliphatic rings. The fraction of sp³-hybridized carbons (Fsp3) is 0.500. The van der Waals surface area contributed by atoms with Crippen LogP contribution in [-0.4, -0.2) is 50.5 Å². The van der Waals surface area contributed by atoms with Gasteiger partial charge in [-0.15, -0.1) is 0 Å². The first-order valence-electron chi connectivity index (χ1n) is 9.80. The first-order chi connectivity index (χ1) is 14.0. The average molecular weight is 399 g/mol. The normalized spacial score (nSPS) is 13.7. The number of aryl methyl sites for hydroxylation is 3. The van der Waals surface area contributed by atoms with Crippen LogP contribution in [0.15, 0.2) is 15.1 Å². The Labute approximate surface area is 168 Å². The maximum absolute atomic E-state index is 13.1. The Morgan fingerprint density at radius 1 is 1.31 bits per heavy atom. The second kappa shape index (κ2) is 7.82. The van der Waals surface area contributed by atoms with Crippen LogP contribution in [0.4, 0.5) is 0 Å². The van der Waals surface area contributed by atoms with Crippen molar-refractivity contribution in [2.45, 2.75) is 47.2 Å². The molecule has 0 unspecified atom stereocenters. The summed E-state index contributed by atoms with van der Waals surface area (Å²) in [5.41, 5.74) is 3.88. The molecule has 154 valence electrons. The molecule has 0 aliphatic carbocycles. The number of hydrogen-bond acceptors (Lipinski definition) is 7. The van der Waals surface area contributed by atoms with Crippen molar-refractivity contribution in [3.63, 3.8) is 0 Å². The second-order valence-corrected chi connectivity index (χ2v) is 7.15.